The monoisotopic (exact) mass is 293 g/mol. The molecule has 1 saturated heterocycles. The molecule has 118 valence electrons. The lowest BCUT2D eigenvalue weighted by Gasteiger charge is -2.19. The van der Waals surface area contributed by atoms with Crippen LogP contribution in [0.15, 0.2) is 24.3 Å². The van der Waals surface area contributed by atoms with Gasteiger partial charge in [0.25, 0.3) is 0 Å². The van der Waals surface area contributed by atoms with Gasteiger partial charge in [-0.2, -0.15) is 0 Å². The van der Waals surface area contributed by atoms with E-state index in [1.165, 1.54) is 11.1 Å². The van der Waals surface area contributed by atoms with Crippen molar-refractivity contribution in [1.29, 1.82) is 0 Å². The molecule has 1 fully saturated rings. The summed E-state index contributed by atoms with van der Waals surface area (Å²) in [5.74, 6) is 0. The van der Waals surface area contributed by atoms with Crippen molar-refractivity contribution in [3.63, 3.8) is 0 Å². The second-order valence-electron chi connectivity index (χ2n) is 5.81. The van der Waals surface area contributed by atoms with Gasteiger partial charge in [0.15, 0.2) is 0 Å². The highest BCUT2D eigenvalue weighted by atomic mass is 16.5. The summed E-state index contributed by atoms with van der Waals surface area (Å²) in [6.07, 6.45) is 1.92. The van der Waals surface area contributed by atoms with Crippen molar-refractivity contribution in [1.82, 2.24) is 5.32 Å². The van der Waals surface area contributed by atoms with E-state index in [1.54, 1.807) is 0 Å². The molecule has 1 aromatic carbocycles. The molecule has 0 saturated carbocycles. The van der Waals surface area contributed by atoms with Crippen molar-refractivity contribution in [3.05, 3.63) is 35.4 Å². The van der Waals surface area contributed by atoms with Crippen LogP contribution in [0.1, 0.15) is 36.9 Å². The first kappa shape index (κ1) is 16.4. The molecule has 2 unspecified atom stereocenters. The molecule has 0 aromatic heterocycles. The first-order chi connectivity index (χ1) is 10.2. The molecule has 1 aromatic rings. The van der Waals surface area contributed by atoms with Crippen LogP contribution in [0, 0.1) is 6.92 Å². The standard InChI is InChI=1S/C17H27NO3/c1-13-6-3-4-8-17(13)14(2)18-10-15(19)11-20-12-16-7-5-9-21-16/h3-4,6,8,14-16,18-19H,5,7,9-12H2,1-2H3/t14-,15?,16?/m1/s1. The van der Waals surface area contributed by atoms with Crippen molar-refractivity contribution in [3.8, 4) is 0 Å². The van der Waals surface area contributed by atoms with E-state index in [1.807, 2.05) is 12.1 Å². The number of hydrogen-bond acceptors (Lipinski definition) is 4. The van der Waals surface area contributed by atoms with E-state index >= 15 is 0 Å². The van der Waals surface area contributed by atoms with Gasteiger partial charge in [-0.05, 0) is 37.8 Å². The summed E-state index contributed by atoms with van der Waals surface area (Å²) in [6, 6.07) is 8.53. The van der Waals surface area contributed by atoms with E-state index in [4.69, 9.17) is 9.47 Å². The molecule has 0 aliphatic carbocycles. The fourth-order valence-electron chi connectivity index (χ4n) is 2.67. The van der Waals surface area contributed by atoms with Crippen LogP contribution in [0.2, 0.25) is 0 Å². The number of ether oxygens (including phenoxy) is 2. The van der Waals surface area contributed by atoms with Gasteiger partial charge in [-0.15, -0.1) is 0 Å². The summed E-state index contributed by atoms with van der Waals surface area (Å²) in [5.41, 5.74) is 2.53. The van der Waals surface area contributed by atoms with Gasteiger partial charge in [0.2, 0.25) is 0 Å². The molecule has 1 heterocycles. The average molecular weight is 293 g/mol. The van der Waals surface area contributed by atoms with Gasteiger partial charge < -0.3 is 19.9 Å². The second kappa shape index (κ2) is 8.49. The molecule has 4 nitrogen and oxygen atoms in total. The Kier molecular flexibility index (Phi) is 6.64. The summed E-state index contributed by atoms with van der Waals surface area (Å²) in [7, 11) is 0. The van der Waals surface area contributed by atoms with Crippen LogP contribution in [-0.2, 0) is 9.47 Å². The molecule has 2 N–H and O–H groups in total. The number of aliphatic hydroxyl groups is 1. The molecule has 0 spiro atoms. The normalized spacial score (nSPS) is 21.4. The Hall–Kier alpha value is -0.940. The van der Waals surface area contributed by atoms with Gasteiger partial charge >= 0.3 is 0 Å². The zero-order valence-corrected chi connectivity index (χ0v) is 13.0. The summed E-state index contributed by atoms with van der Waals surface area (Å²) in [4.78, 5) is 0. The SMILES string of the molecule is Cc1ccccc1[C@@H](C)NCC(O)COCC1CCCO1. The van der Waals surface area contributed by atoms with Crippen LogP contribution < -0.4 is 5.32 Å². The third-order valence-electron chi connectivity index (χ3n) is 3.95. The highest BCUT2D eigenvalue weighted by Gasteiger charge is 2.16. The Morgan fingerprint density at radius 1 is 1.43 bits per heavy atom. The maximum atomic E-state index is 9.96. The van der Waals surface area contributed by atoms with E-state index < -0.39 is 6.10 Å². The fourth-order valence-corrected chi connectivity index (χ4v) is 2.67. The van der Waals surface area contributed by atoms with E-state index in [9.17, 15) is 5.11 Å². The van der Waals surface area contributed by atoms with Crippen LogP contribution in [0.25, 0.3) is 0 Å². The Labute approximate surface area is 127 Å². The van der Waals surface area contributed by atoms with E-state index in [-0.39, 0.29) is 12.1 Å². The fraction of sp³-hybridized carbons (Fsp3) is 0.647. The lowest BCUT2D eigenvalue weighted by Crippen LogP contribution is -2.33. The van der Waals surface area contributed by atoms with Gasteiger partial charge in [0.1, 0.15) is 0 Å². The molecule has 0 amide bonds. The number of benzene rings is 1. The minimum absolute atomic E-state index is 0.219. The van der Waals surface area contributed by atoms with Gasteiger partial charge in [0, 0.05) is 19.2 Å². The van der Waals surface area contributed by atoms with Crippen molar-refractivity contribution in [2.24, 2.45) is 0 Å². The van der Waals surface area contributed by atoms with Crippen LogP contribution in [0.4, 0.5) is 0 Å². The van der Waals surface area contributed by atoms with Gasteiger partial charge in [-0.3, -0.25) is 0 Å². The van der Waals surface area contributed by atoms with E-state index in [2.05, 4.69) is 31.3 Å². The largest absolute Gasteiger partial charge is 0.389 e. The van der Waals surface area contributed by atoms with E-state index in [0.29, 0.717) is 19.8 Å². The van der Waals surface area contributed by atoms with Crippen LogP contribution >= 0.6 is 0 Å². The molecule has 2 rings (SSSR count). The topological polar surface area (TPSA) is 50.7 Å². The van der Waals surface area contributed by atoms with E-state index in [0.717, 1.165) is 19.4 Å². The molecule has 1 aliphatic heterocycles. The number of aliphatic hydroxyl groups excluding tert-OH is 1. The molecule has 4 heteroatoms. The lowest BCUT2D eigenvalue weighted by molar-refractivity contribution is -0.0168. The molecule has 1 aliphatic rings. The summed E-state index contributed by atoms with van der Waals surface area (Å²) in [6.45, 7) is 6.53. The van der Waals surface area contributed by atoms with Crippen LogP contribution in [-0.4, -0.2) is 43.7 Å². The summed E-state index contributed by atoms with van der Waals surface area (Å²) < 4.78 is 11.0. The molecule has 3 atom stereocenters. The Morgan fingerprint density at radius 2 is 2.24 bits per heavy atom. The third-order valence-corrected chi connectivity index (χ3v) is 3.95. The van der Waals surface area contributed by atoms with Crippen molar-refractivity contribution in [2.75, 3.05) is 26.4 Å². The minimum atomic E-state index is -0.488. The Balaban J connectivity index is 1.63. The number of hydrogen-bond donors (Lipinski definition) is 2. The Morgan fingerprint density at radius 3 is 2.95 bits per heavy atom. The molecular formula is C17H27NO3. The average Bonchev–Trinajstić information content (AvgIpc) is 2.98. The molecular weight excluding hydrogens is 266 g/mol. The lowest BCUT2D eigenvalue weighted by atomic mass is 10.0. The molecule has 0 radical (unpaired) electrons. The highest BCUT2D eigenvalue weighted by Crippen LogP contribution is 2.16. The summed E-state index contributed by atoms with van der Waals surface area (Å²) in [5, 5.41) is 13.3. The predicted octanol–water partition coefficient (Wildman–Crippen LogP) is 2.20. The maximum Gasteiger partial charge on any atom is 0.0897 e. The number of rotatable bonds is 8. The Bertz CT molecular complexity index is 418. The van der Waals surface area contributed by atoms with Crippen LogP contribution in [0.5, 0.6) is 0 Å². The second-order valence-corrected chi connectivity index (χ2v) is 5.81. The van der Waals surface area contributed by atoms with Crippen molar-refractivity contribution < 1.29 is 14.6 Å². The predicted molar refractivity (Wildman–Crippen MR) is 83.4 cm³/mol. The quantitative estimate of drug-likeness (QED) is 0.771. The van der Waals surface area contributed by atoms with Crippen molar-refractivity contribution in [2.45, 2.75) is 44.9 Å². The van der Waals surface area contributed by atoms with Gasteiger partial charge in [-0.25, -0.2) is 0 Å². The maximum absolute atomic E-state index is 9.96. The van der Waals surface area contributed by atoms with Crippen molar-refractivity contribution >= 4 is 0 Å². The van der Waals surface area contributed by atoms with Gasteiger partial charge in [-0.1, -0.05) is 24.3 Å². The number of nitrogens with one attached hydrogen (secondary N) is 1. The molecule has 21 heavy (non-hydrogen) atoms. The third kappa shape index (κ3) is 5.40. The number of aryl methyl sites for hydroxylation is 1. The molecule has 0 bridgehead atoms. The van der Waals surface area contributed by atoms with Gasteiger partial charge in [0.05, 0.1) is 25.4 Å². The zero-order chi connectivity index (χ0) is 15.1. The zero-order valence-electron chi connectivity index (χ0n) is 13.0. The highest BCUT2D eigenvalue weighted by molar-refractivity contribution is 5.28. The first-order valence-corrected chi connectivity index (χ1v) is 7.83. The minimum Gasteiger partial charge on any atom is -0.389 e. The smallest absolute Gasteiger partial charge is 0.0897 e. The summed E-state index contributed by atoms with van der Waals surface area (Å²) >= 11 is 0. The first-order valence-electron chi connectivity index (χ1n) is 7.83. The van der Waals surface area contributed by atoms with Crippen LogP contribution in [0.3, 0.4) is 0 Å².